The van der Waals surface area contributed by atoms with Gasteiger partial charge in [-0.25, -0.2) is 0 Å². The van der Waals surface area contributed by atoms with Crippen LogP contribution in [0.2, 0.25) is 0 Å². The van der Waals surface area contributed by atoms with E-state index in [1.54, 1.807) is 19.4 Å². The van der Waals surface area contributed by atoms with Crippen LogP contribution >= 0.6 is 0 Å². The van der Waals surface area contributed by atoms with Crippen LogP contribution < -0.4 is 20.1 Å². The van der Waals surface area contributed by atoms with Gasteiger partial charge in [-0.3, -0.25) is 14.3 Å². The lowest BCUT2D eigenvalue weighted by atomic mass is 10.2. The maximum absolute atomic E-state index is 12.2. The number of benzene rings is 1. The zero-order valence-electron chi connectivity index (χ0n) is 17.4. The van der Waals surface area contributed by atoms with Crippen molar-refractivity contribution in [2.75, 3.05) is 19.0 Å². The molecule has 0 aliphatic heterocycles. The van der Waals surface area contributed by atoms with Crippen molar-refractivity contribution in [2.45, 2.75) is 45.2 Å². The van der Waals surface area contributed by atoms with Gasteiger partial charge < -0.3 is 20.1 Å². The topological polar surface area (TPSA) is 94.5 Å². The van der Waals surface area contributed by atoms with Crippen molar-refractivity contribution in [1.29, 1.82) is 0 Å². The second-order valence-corrected chi connectivity index (χ2v) is 7.22. The van der Waals surface area contributed by atoms with E-state index in [0.29, 0.717) is 17.2 Å². The Morgan fingerprint density at radius 1 is 1.23 bits per heavy atom. The minimum atomic E-state index is -0.329. The number of hydrogen-bond donors (Lipinski definition) is 2. The van der Waals surface area contributed by atoms with Crippen molar-refractivity contribution in [1.82, 2.24) is 15.1 Å². The molecular formula is C22H28N4O4. The quantitative estimate of drug-likeness (QED) is 0.660. The van der Waals surface area contributed by atoms with Crippen molar-refractivity contribution in [3.63, 3.8) is 0 Å². The van der Waals surface area contributed by atoms with Crippen LogP contribution in [-0.4, -0.2) is 41.4 Å². The maximum atomic E-state index is 12.2. The van der Waals surface area contributed by atoms with Gasteiger partial charge in [-0.1, -0.05) is 31.1 Å². The minimum absolute atomic E-state index is 0.0698. The first-order valence-electron chi connectivity index (χ1n) is 10.1. The Morgan fingerprint density at radius 2 is 2.03 bits per heavy atom. The number of amides is 2. The zero-order valence-corrected chi connectivity index (χ0v) is 17.4. The molecule has 1 aromatic carbocycles. The lowest BCUT2D eigenvalue weighted by molar-refractivity contribution is -0.122. The van der Waals surface area contributed by atoms with Crippen molar-refractivity contribution in [3.8, 4) is 11.5 Å². The number of ether oxygens (including phenoxy) is 2. The lowest BCUT2D eigenvalue weighted by Crippen LogP contribution is -2.35. The largest absolute Gasteiger partial charge is 0.493 e. The van der Waals surface area contributed by atoms with Crippen LogP contribution in [0, 0.1) is 0 Å². The molecule has 1 saturated carbocycles. The third kappa shape index (κ3) is 6.10. The van der Waals surface area contributed by atoms with Crippen LogP contribution in [0.15, 0.2) is 36.7 Å². The summed E-state index contributed by atoms with van der Waals surface area (Å²) in [7, 11) is 1.55. The molecule has 1 fully saturated rings. The fraction of sp³-hybridized carbons (Fsp3) is 0.409. The highest BCUT2D eigenvalue weighted by molar-refractivity contribution is 5.91. The van der Waals surface area contributed by atoms with Gasteiger partial charge in [0, 0.05) is 12.2 Å². The number of carbonyl (C=O) groups is 2. The number of methoxy groups -OCH3 is 1. The number of rotatable bonds is 9. The van der Waals surface area contributed by atoms with E-state index in [0.717, 1.165) is 31.2 Å². The van der Waals surface area contributed by atoms with Crippen molar-refractivity contribution in [3.05, 3.63) is 42.2 Å². The molecule has 3 rings (SSSR count). The molecule has 8 nitrogen and oxygen atoms in total. The smallest absolute Gasteiger partial charge is 0.262 e. The number of aromatic nitrogens is 2. The molecule has 8 heteroatoms. The van der Waals surface area contributed by atoms with Gasteiger partial charge >= 0.3 is 0 Å². The van der Waals surface area contributed by atoms with Crippen molar-refractivity contribution < 1.29 is 19.1 Å². The second-order valence-electron chi connectivity index (χ2n) is 7.22. The highest BCUT2D eigenvalue weighted by Gasteiger charge is 2.17. The number of anilines is 1. The lowest BCUT2D eigenvalue weighted by Gasteiger charge is -2.11. The highest BCUT2D eigenvalue weighted by atomic mass is 16.5. The van der Waals surface area contributed by atoms with E-state index in [-0.39, 0.29) is 31.0 Å². The Labute approximate surface area is 176 Å². The van der Waals surface area contributed by atoms with E-state index in [9.17, 15) is 9.59 Å². The SMILES string of the molecule is C/C=C/c1ccc(OCC(=O)Nc2cnn(CC(=O)NC3CCCC3)c2)c(OC)c1. The molecule has 0 bridgehead atoms. The molecular weight excluding hydrogens is 384 g/mol. The molecule has 1 aliphatic rings. The average Bonchev–Trinajstić information content (AvgIpc) is 3.39. The standard InChI is InChI=1S/C22H28N4O4/c1-3-6-16-9-10-19(20(11-16)29-2)30-15-22(28)25-18-12-23-26(13-18)14-21(27)24-17-7-4-5-8-17/h3,6,9-13,17H,4-5,7-8,14-15H2,1-2H3,(H,24,27)(H,25,28)/b6-3+. The van der Waals surface area contributed by atoms with E-state index >= 15 is 0 Å². The highest BCUT2D eigenvalue weighted by Crippen LogP contribution is 2.28. The fourth-order valence-corrected chi connectivity index (χ4v) is 3.45. The molecule has 0 radical (unpaired) electrons. The van der Waals surface area contributed by atoms with Crippen LogP contribution in [0.25, 0.3) is 6.08 Å². The first-order valence-corrected chi connectivity index (χ1v) is 10.1. The van der Waals surface area contributed by atoms with E-state index in [1.165, 1.54) is 10.9 Å². The van der Waals surface area contributed by atoms with Crippen molar-refractivity contribution in [2.24, 2.45) is 0 Å². The summed E-state index contributed by atoms with van der Waals surface area (Å²) in [6.45, 7) is 1.89. The third-order valence-corrected chi connectivity index (χ3v) is 4.85. The van der Waals surface area contributed by atoms with Gasteiger partial charge in [0.15, 0.2) is 18.1 Å². The predicted molar refractivity (Wildman–Crippen MR) is 114 cm³/mol. The summed E-state index contributed by atoms with van der Waals surface area (Å²) in [5.41, 5.74) is 1.49. The van der Waals surface area contributed by atoms with Gasteiger partial charge in [0.05, 0.1) is 19.0 Å². The van der Waals surface area contributed by atoms with Gasteiger partial charge in [0.25, 0.3) is 5.91 Å². The molecule has 1 aromatic heterocycles. The number of carbonyl (C=O) groups excluding carboxylic acids is 2. The Morgan fingerprint density at radius 3 is 2.77 bits per heavy atom. The summed E-state index contributed by atoms with van der Waals surface area (Å²) in [5, 5.41) is 9.86. The number of allylic oxidation sites excluding steroid dienone is 1. The molecule has 2 N–H and O–H groups in total. The number of hydrogen-bond acceptors (Lipinski definition) is 5. The molecule has 1 heterocycles. The Bertz CT molecular complexity index is 900. The van der Waals surface area contributed by atoms with Gasteiger partial charge in [-0.05, 0) is 37.5 Å². The minimum Gasteiger partial charge on any atom is -0.493 e. The van der Waals surface area contributed by atoms with Crippen LogP contribution in [0.5, 0.6) is 11.5 Å². The molecule has 0 unspecified atom stereocenters. The van der Waals surface area contributed by atoms with Crippen LogP contribution in [0.3, 0.4) is 0 Å². The van der Waals surface area contributed by atoms with E-state index in [1.807, 2.05) is 31.2 Å². The second kappa shape index (κ2) is 10.5. The monoisotopic (exact) mass is 412 g/mol. The number of nitrogens with zero attached hydrogens (tertiary/aromatic N) is 2. The molecule has 160 valence electrons. The first-order chi connectivity index (χ1) is 14.6. The molecule has 0 saturated heterocycles. The summed E-state index contributed by atoms with van der Waals surface area (Å²) in [6.07, 6.45) is 11.4. The maximum Gasteiger partial charge on any atom is 0.262 e. The van der Waals surface area contributed by atoms with Crippen LogP contribution in [-0.2, 0) is 16.1 Å². The van der Waals surface area contributed by atoms with Gasteiger partial charge in [-0.2, -0.15) is 5.10 Å². The molecule has 0 spiro atoms. The van der Waals surface area contributed by atoms with Gasteiger partial charge in [0.1, 0.15) is 6.54 Å². The molecule has 30 heavy (non-hydrogen) atoms. The first kappa shape index (κ1) is 21.4. The predicted octanol–water partition coefficient (Wildman–Crippen LogP) is 3.00. The summed E-state index contributed by atoms with van der Waals surface area (Å²) < 4.78 is 12.4. The molecule has 2 amide bonds. The summed E-state index contributed by atoms with van der Waals surface area (Å²) in [4.78, 5) is 24.3. The summed E-state index contributed by atoms with van der Waals surface area (Å²) in [5.74, 6) is 0.642. The van der Waals surface area contributed by atoms with Gasteiger partial charge in [0.2, 0.25) is 5.91 Å². The van der Waals surface area contributed by atoms with Crippen LogP contribution in [0.4, 0.5) is 5.69 Å². The van der Waals surface area contributed by atoms with E-state index in [4.69, 9.17) is 9.47 Å². The third-order valence-electron chi connectivity index (χ3n) is 4.85. The summed E-state index contributed by atoms with van der Waals surface area (Å²) >= 11 is 0. The normalized spacial score (nSPS) is 14.1. The number of nitrogens with one attached hydrogen (secondary N) is 2. The molecule has 0 atom stereocenters. The average molecular weight is 412 g/mol. The van der Waals surface area contributed by atoms with E-state index < -0.39 is 0 Å². The summed E-state index contributed by atoms with van der Waals surface area (Å²) in [6, 6.07) is 5.76. The fourth-order valence-electron chi connectivity index (χ4n) is 3.45. The zero-order chi connectivity index (χ0) is 21.3. The van der Waals surface area contributed by atoms with Gasteiger partial charge in [-0.15, -0.1) is 0 Å². The van der Waals surface area contributed by atoms with E-state index in [2.05, 4.69) is 15.7 Å². The van der Waals surface area contributed by atoms with Crippen molar-refractivity contribution >= 4 is 23.6 Å². The van der Waals surface area contributed by atoms with Crippen LogP contribution in [0.1, 0.15) is 38.2 Å². The Kier molecular flexibility index (Phi) is 7.48. The molecule has 1 aliphatic carbocycles. The molecule has 2 aromatic rings. The Hall–Kier alpha value is -3.29. The Balaban J connectivity index is 1.48.